The van der Waals surface area contributed by atoms with Crippen LogP contribution in [-0.4, -0.2) is 14.8 Å². The second-order valence-corrected chi connectivity index (χ2v) is 5.70. The van der Waals surface area contributed by atoms with E-state index in [0.717, 1.165) is 12.4 Å². The molecule has 2 rings (SSSR count). The lowest BCUT2D eigenvalue weighted by Crippen LogP contribution is -2.09. The van der Waals surface area contributed by atoms with E-state index in [1.165, 1.54) is 6.07 Å². The number of alkyl halides is 1. The fourth-order valence-corrected chi connectivity index (χ4v) is 2.43. The minimum Gasteiger partial charge on any atom is -0.310 e. The lowest BCUT2D eigenvalue weighted by atomic mass is 10.1. The van der Waals surface area contributed by atoms with Gasteiger partial charge in [0.2, 0.25) is 0 Å². The van der Waals surface area contributed by atoms with Crippen LogP contribution in [0.3, 0.4) is 0 Å². The second kappa shape index (κ2) is 6.01. The van der Waals surface area contributed by atoms with Gasteiger partial charge in [0.15, 0.2) is 5.82 Å². The first-order chi connectivity index (χ1) is 9.02. The van der Waals surface area contributed by atoms with E-state index in [2.05, 4.69) is 40.0 Å². The number of benzene rings is 1. The first kappa shape index (κ1) is 14.5. The van der Waals surface area contributed by atoms with E-state index < -0.39 is 0 Å². The topological polar surface area (TPSA) is 30.7 Å². The van der Waals surface area contributed by atoms with Crippen molar-refractivity contribution in [1.29, 1.82) is 0 Å². The van der Waals surface area contributed by atoms with Crippen molar-refractivity contribution in [1.82, 2.24) is 14.8 Å². The van der Waals surface area contributed by atoms with E-state index in [9.17, 15) is 4.39 Å². The lowest BCUT2D eigenvalue weighted by molar-refractivity contribution is 0.514. The third kappa shape index (κ3) is 3.15. The number of hydrogen-bond donors (Lipinski definition) is 0. The van der Waals surface area contributed by atoms with Gasteiger partial charge in [-0.2, -0.15) is 0 Å². The Morgan fingerprint density at radius 3 is 2.68 bits per heavy atom. The summed E-state index contributed by atoms with van der Waals surface area (Å²) in [6.07, 6.45) is 0. The fourth-order valence-electron chi connectivity index (χ4n) is 1.86. The van der Waals surface area contributed by atoms with Crippen molar-refractivity contribution < 1.29 is 4.39 Å². The molecule has 0 N–H and O–H groups in total. The molecule has 3 nitrogen and oxygen atoms in total. The van der Waals surface area contributed by atoms with E-state index in [1.54, 1.807) is 12.1 Å². The molecule has 0 spiro atoms. The van der Waals surface area contributed by atoms with Gasteiger partial charge in [-0.3, -0.25) is 0 Å². The lowest BCUT2D eigenvalue weighted by Gasteiger charge is -2.12. The fraction of sp³-hybridized carbons (Fsp3) is 0.385. The maximum absolute atomic E-state index is 14.0. The molecule has 1 heterocycles. The SMILES string of the molecule is CC(C)Cn1c(CBr)nnc1-c1ccc(Cl)cc1F. The van der Waals surface area contributed by atoms with Gasteiger partial charge in [-0.15, -0.1) is 10.2 Å². The third-order valence-electron chi connectivity index (χ3n) is 2.67. The zero-order valence-electron chi connectivity index (χ0n) is 10.7. The number of rotatable bonds is 4. The number of halogens is 3. The van der Waals surface area contributed by atoms with E-state index >= 15 is 0 Å². The molecule has 102 valence electrons. The van der Waals surface area contributed by atoms with Crippen LogP contribution in [0.25, 0.3) is 11.4 Å². The van der Waals surface area contributed by atoms with Gasteiger partial charge in [-0.05, 0) is 24.1 Å². The average Bonchev–Trinajstić information content (AvgIpc) is 2.71. The van der Waals surface area contributed by atoms with Crippen LogP contribution in [-0.2, 0) is 11.9 Å². The van der Waals surface area contributed by atoms with Crippen molar-refractivity contribution in [2.75, 3.05) is 0 Å². The summed E-state index contributed by atoms with van der Waals surface area (Å²) in [5.41, 5.74) is 0.421. The number of nitrogens with zero attached hydrogens (tertiary/aromatic N) is 3. The van der Waals surface area contributed by atoms with E-state index in [-0.39, 0.29) is 5.82 Å². The minimum absolute atomic E-state index is 0.372. The summed E-state index contributed by atoms with van der Waals surface area (Å²) >= 11 is 9.15. The van der Waals surface area contributed by atoms with Crippen LogP contribution in [0.1, 0.15) is 19.7 Å². The van der Waals surface area contributed by atoms with Gasteiger partial charge in [0, 0.05) is 11.6 Å². The Morgan fingerprint density at radius 1 is 1.37 bits per heavy atom. The summed E-state index contributed by atoms with van der Waals surface area (Å²) in [7, 11) is 0. The molecule has 0 bridgehead atoms. The highest BCUT2D eigenvalue weighted by molar-refractivity contribution is 9.08. The van der Waals surface area contributed by atoms with Crippen LogP contribution in [0.4, 0.5) is 4.39 Å². The molecule has 0 fully saturated rings. The van der Waals surface area contributed by atoms with Gasteiger partial charge in [-0.25, -0.2) is 4.39 Å². The van der Waals surface area contributed by atoms with Gasteiger partial charge < -0.3 is 4.57 Å². The molecule has 0 aliphatic heterocycles. The smallest absolute Gasteiger partial charge is 0.166 e. The van der Waals surface area contributed by atoms with Gasteiger partial charge in [-0.1, -0.05) is 41.4 Å². The monoisotopic (exact) mass is 345 g/mol. The molecule has 2 aromatic rings. The second-order valence-electron chi connectivity index (χ2n) is 4.70. The Bertz CT molecular complexity index is 583. The van der Waals surface area contributed by atoms with Gasteiger partial charge in [0.25, 0.3) is 0 Å². The molecular weight excluding hydrogens is 333 g/mol. The Kier molecular flexibility index (Phi) is 4.58. The summed E-state index contributed by atoms with van der Waals surface area (Å²) in [5.74, 6) is 1.37. The highest BCUT2D eigenvalue weighted by Gasteiger charge is 2.17. The molecule has 0 amide bonds. The highest BCUT2D eigenvalue weighted by Crippen LogP contribution is 2.25. The van der Waals surface area contributed by atoms with Gasteiger partial charge in [0.1, 0.15) is 11.6 Å². The predicted molar refractivity (Wildman–Crippen MR) is 77.9 cm³/mol. The molecule has 0 unspecified atom stereocenters. The van der Waals surface area contributed by atoms with E-state index in [4.69, 9.17) is 11.6 Å². The van der Waals surface area contributed by atoms with Crippen molar-refractivity contribution >= 4 is 27.5 Å². The molecule has 0 aliphatic carbocycles. The molecule has 0 radical (unpaired) electrons. The largest absolute Gasteiger partial charge is 0.310 e. The zero-order valence-corrected chi connectivity index (χ0v) is 13.0. The van der Waals surface area contributed by atoms with Crippen LogP contribution in [0.2, 0.25) is 5.02 Å². The standard InChI is InChI=1S/C13H14BrClFN3/c1-8(2)7-19-12(6-14)17-18-13(19)10-4-3-9(15)5-11(10)16/h3-5,8H,6-7H2,1-2H3. The maximum atomic E-state index is 14.0. The molecule has 0 aliphatic rings. The zero-order chi connectivity index (χ0) is 14.0. The average molecular weight is 347 g/mol. The van der Waals surface area contributed by atoms with Crippen LogP contribution < -0.4 is 0 Å². The summed E-state index contributed by atoms with van der Waals surface area (Å²) < 4.78 is 15.9. The third-order valence-corrected chi connectivity index (χ3v) is 3.40. The first-order valence-electron chi connectivity index (χ1n) is 5.96. The van der Waals surface area contributed by atoms with Crippen molar-refractivity contribution in [3.05, 3.63) is 34.9 Å². The molecule has 0 atom stereocenters. The molecule has 6 heteroatoms. The Hall–Kier alpha value is -0.940. The van der Waals surface area contributed by atoms with Crippen molar-refractivity contribution in [3.8, 4) is 11.4 Å². The first-order valence-corrected chi connectivity index (χ1v) is 7.46. The predicted octanol–water partition coefficient (Wildman–Crippen LogP) is 4.29. The number of hydrogen-bond acceptors (Lipinski definition) is 2. The van der Waals surface area contributed by atoms with Crippen LogP contribution in [0, 0.1) is 11.7 Å². The summed E-state index contributed by atoms with van der Waals surface area (Å²) in [6, 6.07) is 4.58. The van der Waals surface area contributed by atoms with Gasteiger partial charge >= 0.3 is 0 Å². The maximum Gasteiger partial charge on any atom is 0.166 e. The molecular formula is C13H14BrClFN3. The summed E-state index contributed by atoms with van der Waals surface area (Å²) in [4.78, 5) is 0. The summed E-state index contributed by atoms with van der Waals surface area (Å²) in [6.45, 7) is 4.94. The Labute approximate surface area is 124 Å². The number of aromatic nitrogens is 3. The molecule has 1 aromatic carbocycles. The van der Waals surface area contributed by atoms with E-state index in [1.807, 2.05) is 4.57 Å². The quantitative estimate of drug-likeness (QED) is 0.773. The van der Waals surface area contributed by atoms with E-state index in [0.29, 0.717) is 27.7 Å². The molecule has 0 saturated heterocycles. The highest BCUT2D eigenvalue weighted by atomic mass is 79.9. The minimum atomic E-state index is -0.383. The van der Waals surface area contributed by atoms with Gasteiger partial charge in [0.05, 0.1) is 10.9 Å². The molecule has 19 heavy (non-hydrogen) atoms. The molecule has 1 aromatic heterocycles. The van der Waals surface area contributed by atoms with Crippen molar-refractivity contribution in [2.24, 2.45) is 5.92 Å². The normalized spacial score (nSPS) is 11.3. The Balaban J connectivity index is 2.52. The summed E-state index contributed by atoms with van der Waals surface area (Å²) in [5, 5.41) is 9.15. The van der Waals surface area contributed by atoms with Crippen LogP contribution in [0.5, 0.6) is 0 Å². The van der Waals surface area contributed by atoms with Crippen LogP contribution in [0.15, 0.2) is 18.2 Å². The Morgan fingerprint density at radius 2 is 2.11 bits per heavy atom. The molecule has 0 saturated carbocycles. The van der Waals surface area contributed by atoms with Crippen molar-refractivity contribution in [2.45, 2.75) is 25.7 Å². The van der Waals surface area contributed by atoms with Crippen LogP contribution >= 0.6 is 27.5 Å². The van der Waals surface area contributed by atoms with Crippen molar-refractivity contribution in [3.63, 3.8) is 0 Å².